The van der Waals surface area contributed by atoms with E-state index in [0.29, 0.717) is 10.1 Å². The molecule has 0 bridgehead atoms. The molecule has 1 fully saturated rings. The first kappa shape index (κ1) is 15.5. The molecule has 0 aliphatic carbocycles. The molecule has 0 saturated carbocycles. The summed E-state index contributed by atoms with van der Waals surface area (Å²) < 4.78 is 0. The van der Waals surface area contributed by atoms with Crippen LogP contribution in [0.3, 0.4) is 0 Å². The summed E-state index contributed by atoms with van der Waals surface area (Å²) in [4.78, 5) is 2.54. The van der Waals surface area contributed by atoms with Crippen LogP contribution in [-0.2, 0) is 0 Å². The van der Waals surface area contributed by atoms with Gasteiger partial charge >= 0.3 is 0 Å². The van der Waals surface area contributed by atoms with Crippen molar-refractivity contribution in [2.75, 3.05) is 31.5 Å². The van der Waals surface area contributed by atoms with E-state index in [1.807, 2.05) is 24.3 Å². The topological polar surface area (TPSA) is 27.3 Å². The minimum absolute atomic E-state index is 0.658. The lowest BCUT2D eigenvalue weighted by Gasteiger charge is -2.26. The zero-order valence-corrected chi connectivity index (χ0v) is 13.3. The fourth-order valence-corrected chi connectivity index (χ4v) is 2.84. The van der Waals surface area contributed by atoms with Crippen molar-refractivity contribution >= 4 is 34.6 Å². The Labute approximate surface area is 131 Å². The highest BCUT2D eigenvalue weighted by molar-refractivity contribution is 7.80. The van der Waals surface area contributed by atoms with E-state index in [1.165, 1.54) is 32.4 Å². The molecule has 1 aromatic rings. The number of piperidine rings is 1. The van der Waals surface area contributed by atoms with Gasteiger partial charge in [-0.3, -0.25) is 0 Å². The number of rotatable bonds is 5. The second-order valence-electron chi connectivity index (χ2n) is 5.15. The average molecular weight is 312 g/mol. The predicted octanol–water partition coefficient (Wildman–Crippen LogP) is 3.50. The molecule has 1 saturated heterocycles. The number of nitrogens with one attached hydrogen (secondary N) is 2. The van der Waals surface area contributed by atoms with Crippen molar-refractivity contribution in [3.05, 3.63) is 29.3 Å². The lowest BCUT2D eigenvalue weighted by Crippen LogP contribution is -2.34. The zero-order chi connectivity index (χ0) is 14.2. The summed E-state index contributed by atoms with van der Waals surface area (Å²) in [5, 5.41) is 7.75. The van der Waals surface area contributed by atoms with Gasteiger partial charge in [0.05, 0.1) is 0 Å². The molecule has 0 amide bonds. The normalized spacial score (nSPS) is 15.8. The van der Waals surface area contributed by atoms with Crippen molar-refractivity contribution in [1.29, 1.82) is 0 Å². The minimum Gasteiger partial charge on any atom is -0.362 e. The fraction of sp³-hybridized carbons (Fsp3) is 0.533. The SMILES string of the molecule is S=C(NCCCN1CCCCC1)Nc1cccc(Cl)c1. The molecule has 110 valence electrons. The molecule has 1 aliphatic rings. The van der Waals surface area contributed by atoms with Crippen LogP contribution in [-0.4, -0.2) is 36.2 Å². The van der Waals surface area contributed by atoms with Gasteiger partial charge < -0.3 is 15.5 Å². The molecule has 0 atom stereocenters. The van der Waals surface area contributed by atoms with Gasteiger partial charge in [0, 0.05) is 17.3 Å². The third-order valence-corrected chi connectivity index (χ3v) is 3.95. The van der Waals surface area contributed by atoms with Gasteiger partial charge in [0.2, 0.25) is 0 Å². The Morgan fingerprint density at radius 2 is 2.05 bits per heavy atom. The highest BCUT2D eigenvalue weighted by Crippen LogP contribution is 2.14. The Morgan fingerprint density at radius 1 is 1.25 bits per heavy atom. The van der Waals surface area contributed by atoms with Gasteiger partial charge in [-0.25, -0.2) is 0 Å². The van der Waals surface area contributed by atoms with Crippen LogP contribution in [0.15, 0.2) is 24.3 Å². The van der Waals surface area contributed by atoms with Gasteiger partial charge in [-0.15, -0.1) is 0 Å². The number of halogens is 1. The van der Waals surface area contributed by atoms with Gasteiger partial charge in [0.1, 0.15) is 0 Å². The molecular formula is C15H22ClN3S. The van der Waals surface area contributed by atoms with Gasteiger partial charge in [0.15, 0.2) is 5.11 Å². The van der Waals surface area contributed by atoms with E-state index in [2.05, 4.69) is 15.5 Å². The number of benzene rings is 1. The highest BCUT2D eigenvalue weighted by atomic mass is 35.5. The van der Waals surface area contributed by atoms with Crippen molar-refractivity contribution in [3.8, 4) is 0 Å². The van der Waals surface area contributed by atoms with Crippen molar-refractivity contribution < 1.29 is 0 Å². The summed E-state index contributed by atoms with van der Waals surface area (Å²) in [6, 6.07) is 7.57. The van der Waals surface area contributed by atoms with Crippen molar-refractivity contribution in [3.63, 3.8) is 0 Å². The van der Waals surface area contributed by atoms with Crippen LogP contribution in [0.1, 0.15) is 25.7 Å². The standard InChI is InChI=1S/C15H22ClN3S/c16-13-6-4-7-14(12-13)18-15(20)17-8-5-11-19-9-2-1-3-10-19/h4,6-7,12H,1-3,5,8-11H2,(H2,17,18,20). The largest absolute Gasteiger partial charge is 0.362 e. The van der Waals surface area contributed by atoms with E-state index in [-0.39, 0.29) is 0 Å². The predicted molar refractivity (Wildman–Crippen MR) is 90.6 cm³/mol. The second-order valence-corrected chi connectivity index (χ2v) is 5.99. The molecule has 1 aromatic carbocycles. The lowest BCUT2D eigenvalue weighted by atomic mass is 10.1. The first-order valence-corrected chi connectivity index (χ1v) is 8.05. The monoisotopic (exact) mass is 311 g/mol. The third kappa shape index (κ3) is 5.65. The van der Waals surface area contributed by atoms with E-state index >= 15 is 0 Å². The van der Waals surface area contributed by atoms with Gasteiger partial charge in [-0.05, 0) is 69.3 Å². The second kappa shape index (κ2) is 8.45. The van der Waals surface area contributed by atoms with Crippen molar-refractivity contribution in [2.45, 2.75) is 25.7 Å². The van der Waals surface area contributed by atoms with E-state index in [4.69, 9.17) is 23.8 Å². The Morgan fingerprint density at radius 3 is 2.80 bits per heavy atom. The molecule has 20 heavy (non-hydrogen) atoms. The maximum absolute atomic E-state index is 5.93. The van der Waals surface area contributed by atoms with Crippen LogP contribution >= 0.6 is 23.8 Å². The Hall–Kier alpha value is -0.840. The maximum atomic E-state index is 5.93. The molecule has 0 unspecified atom stereocenters. The number of likely N-dealkylation sites (tertiary alicyclic amines) is 1. The summed E-state index contributed by atoms with van der Waals surface area (Å²) in [7, 11) is 0. The Kier molecular flexibility index (Phi) is 6.57. The number of thiocarbonyl (C=S) groups is 1. The summed E-state index contributed by atoms with van der Waals surface area (Å²) in [6.45, 7) is 4.58. The molecule has 0 aromatic heterocycles. The van der Waals surface area contributed by atoms with Crippen LogP contribution in [0, 0.1) is 0 Å². The minimum atomic E-state index is 0.658. The summed E-state index contributed by atoms with van der Waals surface area (Å²) in [6.07, 6.45) is 5.21. The van der Waals surface area contributed by atoms with Gasteiger partial charge in [0.25, 0.3) is 0 Å². The van der Waals surface area contributed by atoms with Gasteiger partial charge in [-0.2, -0.15) is 0 Å². The molecule has 0 spiro atoms. The van der Waals surface area contributed by atoms with Crippen LogP contribution in [0.4, 0.5) is 5.69 Å². The highest BCUT2D eigenvalue weighted by Gasteiger charge is 2.08. The quantitative estimate of drug-likeness (QED) is 0.643. The molecule has 2 N–H and O–H groups in total. The van der Waals surface area contributed by atoms with Crippen LogP contribution in [0.2, 0.25) is 5.02 Å². The molecule has 1 heterocycles. The number of hydrogen-bond donors (Lipinski definition) is 2. The summed E-state index contributed by atoms with van der Waals surface area (Å²) >= 11 is 11.2. The third-order valence-electron chi connectivity index (χ3n) is 3.47. The number of hydrogen-bond acceptors (Lipinski definition) is 2. The van der Waals surface area contributed by atoms with E-state index in [9.17, 15) is 0 Å². The Balaban J connectivity index is 1.60. The zero-order valence-electron chi connectivity index (χ0n) is 11.7. The average Bonchev–Trinajstić information content (AvgIpc) is 2.45. The first-order chi connectivity index (χ1) is 9.74. The molecule has 3 nitrogen and oxygen atoms in total. The van der Waals surface area contributed by atoms with E-state index in [0.717, 1.165) is 25.2 Å². The molecule has 0 radical (unpaired) electrons. The number of nitrogens with zero attached hydrogens (tertiary/aromatic N) is 1. The van der Waals surface area contributed by atoms with Crippen LogP contribution in [0.5, 0.6) is 0 Å². The molecular weight excluding hydrogens is 290 g/mol. The molecule has 5 heteroatoms. The van der Waals surface area contributed by atoms with Gasteiger partial charge in [-0.1, -0.05) is 24.1 Å². The van der Waals surface area contributed by atoms with E-state index in [1.54, 1.807) is 0 Å². The lowest BCUT2D eigenvalue weighted by molar-refractivity contribution is 0.227. The summed E-state index contributed by atoms with van der Waals surface area (Å²) in [5.74, 6) is 0. The number of anilines is 1. The van der Waals surface area contributed by atoms with Crippen LogP contribution in [0.25, 0.3) is 0 Å². The van der Waals surface area contributed by atoms with Crippen LogP contribution < -0.4 is 10.6 Å². The van der Waals surface area contributed by atoms with Crippen molar-refractivity contribution in [2.24, 2.45) is 0 Å². The fourth-order valence-electron chi connectivity index (χ4n) is 2.43. The smallest absolute Gasteiger partial charge is 0.170 e. The molecule has 2 rings (SSSR count). The Bertz CT molecular complexity index is 433. The maximum Gasteiger partial charge on any atom is 0.170 e. The van der Waals surface area contributed by atoms with Crippen molar-refractivity contribution in [1.82, 2.24) is 10.2 Å². The summed E-state index contributed by atoms with van der Waals surface area (Å²) in [5.41, 5.74) is 0.922. The molecule has 1 aliphatic heterocycles. The van der Waals surface area contributed by atoms with E-state index < -0.39 is 0 Å². The first-order valence-electron chi connectivity index (χ1n) is 7.27.